The summed E-state index contributed by atoms with van der Waals surface area (Å²) < 4.78 is 5.15. The summed E-state index contributed by atoms with van der Waals surface area (Å²) in [6.45, 7) is 3.89. The van der Waals surface area contributed by atoms with E-state index in [0.29, 0.717) is 22.4 Å². The van der Waals surface area contributed by atoms with Crippen molar-refractivity contribution in [3.05, 3.63) is 40.8 Å². The molecule has 19 heavy (non-hydrogen) atoms. The van der Waals surface area contributed by atoms with Gasteiger partial charge in [0.2, 0.25) is 0 Å². The van der Waals surface area contributed by atoms with Crippen molar-refractivity contribution in [2.45, 2.75) is 20.3 Å². The first kappa shape index (κ1) is 12.1. The van der Waals surface area contributed by atoms with Gasteiger partial charge < -0.3 is 4.52 Å². The van der Waals surface area contributed by atoms with Gasteiger partial charge >= 0.3 is 0 Å². The summed E-state index contributed by atoms with van der Waals surface area (Å²) in [6, 6.07) is 8.08. The molecule has 0 saturated heterocycles. The maximum Gasteiger partial charge on any atom is 0.261 e. The molecule has 3 aromatic rings. The highest BCUT2D eigenvalue weighted by molar-refractivity contribution is 6.32. The predicted octanol–water partition coefficient (Wildman–Crippen LogP) is 3.81. The fourth-order valence-electron chi connectivity index (χ4n) is 1.98. The second-order valence-electron chi connectivity index (χ2n) is 4.35. The lowest BCUT2D eigenvalue weighted by atomic mass is 10.1. The Kier molecular flexibility index (Phi) is 2.95. The summed E-state index contributed by atoms with van der Waals surface area (Å²) in [5, 5.41) is 5.17. The molecule has 5 heteroatoms. The lowest BCUT2D eigenvalue weighted by molar-refractivity contribution is 0.425. The van der Waals surface area contributed by atoms with Crippen LogP contribution in [0.2, 0.25) is 5.15 Å². The van der Waals surface area contributed by atoms with Gasteiger partial charge in [-0.2, -0.15) is 4.98 Å². The van der Waals surface area contributed by atoms with Crippen molar-refractivity contribution in [3.8, 4) is 11.5 Å². The first-order valence-corrected chi connectivity index (χ1v) is 6.45. The quantitative estimate of drug-likeness (QED) is 0.666. The van der Waals surface area contributed by atoms with Gasteiger partial charge in [0.05, 0.1) is 11.1 Å². The fourth-order valence-corrected chi connectivity index (χ4v) is 2.21. The fraction of sp³-hybridized carbons (Fsp3) is 0.214. The normalized spacial score (nSPS) is 11.1. The van der Waals surface area contributed by atoms with Crippen molar-refractivity contribution >= 4 is 22.5 Å². The molecule has 0 amide bonds. The molecule has 2 aromatic heterocycles. The third kappa shape index (κ3) is 2.19. The van der Waals surface area contributed by atoms with Crippen LogP contribution < -0.4 is 0 Å². The molecule has 4 nitrogen and oxygen atoms in total. The van der Waals surface area contributed by atoms with Gasteiger partial charge in [-0.05, 0) is 37.1 Å². The summed E-state index contributed by atoms with van der Waals surface area (Å²) in [6.07, 6.45) is 0.980. The maximum atomic E-state index is 6.18. The third-order valence-corrected chi connectivity index (χ3v) is 3.29. The second kappa shape index (κ2) is 4.63. The monoisotopic (exact) mass is 273 g/mol. The number of aromatic nitrogens is 3. The molecule has 0 aliphatic rings. The van der Waals surface area contributed by atoms with E-state index in [4.69, 9.17) is 16.1 Å². The number of benzene rings is 1. The molecule has 3 rings (SSSR count). The number of fused-ring (bicyclic) bond motifs is 1. The van der Waals surface area contributed by atoms with Gasteiger partial charge in [0.25, 0.3) is 5.89 Å². The minimum atomic E-state index is 0.375. The van der Waals surface area contributed by atoms with E-state index >= 15 is 0 Å². The van der Waals surface area contributed by atoms with Crippen LogP contribution in [0.15, 0.2) is 28.8 Å². The first-order chi connectivity index (χ1) is 9.17. The van der Waals surface area contributed by atoms with Crippen LogP contribution in [0, 0.1) is 6.92 Å². The number of pyridine rings is 1. The highest BCUT2D eigenvalue weighted by atomic mass is 35.5. The van der Waals surface area contributed by atoms with Crippen LogP contribution >= 0.6 is 11.6 Å². The Hall–Kier alpha value is -1.94. The van der Waals surface area contributed by atoms with E-state index in [-0.39, 0.29) is 0 Å². The molecule has 0 radical (unpaired) electrons. The van der Waals surface area contributed by atoms with E-state index < -0.39 is 0 Å². The van der Waals surface area contributed by atoms with Crippen LogP contribution in [-0.2, 0) is 6.42 Å². The molecule has 0 aliphatic heterocycles. The van der Waals surface area contributed by atoms with Crippen molar-refractivity contribution in [3.63, 3.8) is 0 Å². The Morgan fingerprint density at radius 3 is 2.74 bits per heavy atom. The zero-order valence-electron chi connectivity index (χ0n) is 10.6. The van der Waals surface area contributed by atoms with Crippen molar-refractivity contribution in [2.24, 2.45) is 0 Å². The van der Waals surface area contributed by atoms with Gasteiger partial charge in [-0.1, -0.05) is 29.7 Å². The van der Waals surface area contributed by atoms with E-state index in [1.807, 2.05) is 12.1 Å². The van der Waals surface area contributed by atoms with Crippen molar-refractivity contribution in [2.75, 3.05) is 0 Å². The highest BCUT2D eigenvalue weighted by Crippen LogP contribution is 2.29. The number of hydrogen-bond donors (Lipinski definition) is 0. The highest BCUT2D eigenvalue weighted by Gasteiger charge is 2.13. The lowest BCUT2D eigenvalue weighted by Gasteiger charge is -2.04. The molecular formula is C14H12ClN3O. The van der Waals surface area contributed by atoms with Crippen molar-refractivity contribution in [1.82, 2.24) is 15.1 Å². The number of nitrogens with zero attached hydrogens (tertiary/aromatic N) is 3. The van der Waals surface area contributed by atoms with Gasteiger partial charge in [0.1, 0.15) is 5.15 Å². The van der Waals surface area contributed by atoms with Gasteiger partial charge in [-0.25, -0.2) is 4.98 Å². The summed E-state index contributed by atoms with van der Waals surface area (Å²) in [5.74, 6) is 0.979. The molecule has 0 bridgehead atoms. The SMILES string of the molecule is CCc1ccc2nc(Cl)c(-c3nc(C)no3)cc2c1. The Bertz CT molecular complexity index is 752. The van der Waals surface area contributed by atoms with Gasteiger partial charge in [0.15, 0.2) is 5.82 Å². The molecule has 1 aromatic carbocycles. The van der Waals surface area contributed by atoms with E-state index in [0.717, 1.165) is 17.3 Å². The molecule has 0 N–H and O–H groups in total. The molecule has 0 spiro atoms. The molecule has 0 fully saturated rings. The van der Waals surface area contributed by atoms with Gasteiger partial charge in [-0.3, -0.25) is 0 Å². The van der Waals surface area contributed by atoms with Gasteiger partial charge in [0, 0.05) is 5.39 Å². The van der Waals surface area contributed by atoms with E-state index in [1.165, 1.54) is 5.56 Å². The summed E-state index contributed by atoms with van der Waals surface area (Å²) in [7, 11) is 0. The maximum absolute atomic E-state index is 6.18. The minimum Gasteiger partial charge on any atom is -0.334 e. The first-order valence-electron chi connectivity index (χ1n) is 6.07. The lowest BCUT2D eigenvalue weighted by Crippen LogP contribution is -1.88. The zero-order chi connectivity index (χ0) is 13.4. The molecule has 96 valence electrons. The molecule has 2 heterocycles. The summed E-state index contributed by atoms with van der Waals surface area (Å²) >= 11 is 6.18. The molecule has 0 atom stereocenters. The van der Waals surface area contributed by atoms with Crippen LogP contribution in [0.4, 0.5) is 0 Å². The number of aryl methyl sites for hydroxylation is 2. The largest absolute Gasteiger partial charge is 0.334 e. The van der Waals surface area contributed by atoms with Crippen LogP contribution in [0.1, 0.15) is 18.3 Å². The topological polar surface area (TPSA) is 51.8 Å². The molecule has 0 aliphatic carbocycles. The minimum absolute atomic E-state index is 0.375. The van der Waals surface area contributed by atoms with Gasteiger partial charge in [-0.15, -0.1) is 0 Å². The third-order valence-electron chi connectivity index (χ3n) is 3.00. The number of rotatable bonds is 2. The molecule has 0 unspecified atom stereocenters. The number of halogens is 1. The van der Waals surface area contributed by atoms with E-state index in [9.17, 15) is 0 Å². The van der Waals surface area contributed by atoms with Crippen LogP contribution in [0.25, 0.3) is 22.4 Å². The average Bonchev–Trinajstić information content (AvgIpc) is 2.84. The second-order valence-corrected chi connectivity index (χ2v) is 4.71. The predicted molar refractivity (Wildman–Crippen MR) is 74.2 cm³/mol. The Labute approximate surface area is 115 Å². The van der Waals surface area contributed by atoms with Crippen molar-refractivity contribution < 1.29 is 4.52 Å². The Balaban J connectivity index is 2.22. The Morgan fingerprint density at radius 1 is 1.21 bits per heavy atom. The molecule has 0 saturated carbocycles. The van der Waals surface area contributed by atoms with Crippen molar-refractivity contribution in [1.29, 1.82) is 0 Å². The van der Waals surface area contributed by atoms with Crippen LogP contribution in [-0.4, -0.2) is 15.1 Å². The number of hydrogen-bond acceptors (Lipinski definition) is 4. The molecular weight excluding hydrogens is 262 g/mol. The average molecular weight is 274 g/mol. The smallest absolute Gasteiger partial charge is 0.261 e. The van der Waals surface area contributed by atoms with Crippen LogP contribution in [0.3, 0.4) is 0 Å². The summed E-state index contributed by atoms with van der Waals surface area (Å²) in [5.41, 5.74) is 2.79. The summed E-state index contributed by atoms with van der Waals surface area (Å²) in [4.78, 5) is 8.56. The standard InChI is InChI=1S/C14H12ClN3O/c1-3-9-4-5-12-10(6-9)7-11(13(15)17-12)14-16-8(2)18-19-14/h4-7H,3H2,1-2H3. The zero-order valence-corrected chi connectivity index (χ0v) is 11.4. The Morgan fingerprint density at radius 2 is 2.05 bits per heavy atom. The van der Waals surface area contributed by atoms with E-state index in [2.05, 4.69) is 34.2 Å². The van der Waals surface area contributed by atoms with E-state index in [1.54, 1.807) is 6.92 Å². The van der Waals surface area contributed by atoms with Crippen LogP contribution in [0.5, 0.6) is 0 Å².